The lowest BCUT2D eigenvalue weighted by atomic mass is 9.92. The van der Waals surface area contributed by atoms with Gasteiger partial charge in [0.1, 0.15) is 0 Å². The molecule has 1 aliphatic carbocycles. The predicted octanol–water partition coefficient (Wildman–Crippen LogP) is 8.82. The zero-order valence-electron chi connectivity index (χ0n) is 27.8. The molecule has 4 N–H and O–H groups in total. The molecule has 8 heteroatoms. The average Bonchev–Trinajstić information content (AvgIpc) is 3.07. The van der Waals surface area contributed by atoms with Gasteiger partial charge in [-0.3, -0.25) is 14.6 Å². The molecule has 1 aliphatic rings. The second kappa shape index (κ2) is 17.2. The number of carbonyl (C=O) groups is 2. The molecule has 0 atom stereocenters. The van der Waals surface area contributed by atoms with Crippen molar-refractivity contribution in [2.75, 3.05) is 30.3 Å². The number of rotatable bonds is 16. The number of para-hydroxylation sites is 1. The van der Waals surface area contributed by atoms with E-state index in [0.717, 1.165) is 79.0 Å². The van der Waals surface area contributed by atoms with Crippen LogP contribution >= 0.6 is 11.6 Å². The van der Waals surface area contributed by atoms with E-state index in [9.17, 15) is 9.59 Å². The summed E-state index contributed by atoms with van der Waals surface area (Å²) in [5.41, 5.74) is 9.52. The number of pyridine rings is 1. The summed E-state index contributed by atoms with van der Waals surface area (Å²) < 4.78 is 0. The van der Waals surface area contributed by atoms with Gasteiger partial charge in [-0.25, -0.2) is 0 Å². The number of aromatic nitrogens is 1. The first-order valence-electron chi connectivity index (χ1n) is 17.2. The number of aryl methyl sites for hydroxylation is 2. The highest BCUT2D eigenvalue weighted by Gasteiger charge is 2.18. The maximum atomic E-state index is 12.9. The minimum atomic E-state index is -0.146. The molecular weight excluding hydrogens is 606 g/mol. The third kappa shape index (κ3) is 9.48. The summed E-state index contributed by atoms with van der Waals surface area (Å²) in [4.78, 5) is 30.2. The van der Waals surface area contributed by atoms with Crippen molar-refractivity contribution in [3.05, 3.63) is 93.6 Å². The number of fused-ring (bicyclic) bond motifs is 2. The fraction of sp³-hybridized carbons (Fsp3) is 0.410. The van der Waals surface area contributed by atoms with Gasteiger partial charge in [0.05, 0.1) is 16.8 Å². The Bertz CT molecular complexity index is 1690. The molecule has 0 aliphatic heterocycles. The van der Waals surface area contributed by atoms with Crippen LogP contribution in [-0.2, 0) is 17.6 Å². The molecule has 0 unspecified atom stereocenters. The molecule has 1 aromatic heterocycles. The van der Waals surface area contributed by atoms with E-state index in [2.05, 4.69) is 47.2 Å². The Morgan fingerprint density at radius 1 is 0.787 bits per heavy atom. The van der Waals surface area contributed by atoms with Crippen LogP contribution in [-0.4, -0.2) is 36.4 Å². The minimum Gasteiger partial charge on any atom is -0.384 e. The van der Waals surface area contributed by atoms with E-state index in [1.165, 1.54) is 40.7 Å². The molecule has 5 rings (SSSR count). The first-order chi connectivity index (χ1) is 22.9. The van der Waals surface area contributed by atoms with Crippen molar-refractivity contribution in [2.45, 2.75) is 84.5 Å². The number of anilines is 3. The molecule has 4 aromatic rings. The van der Waals surface area contributed by atoms with Gasteiger partial charge in [0.2, 0.25) is 5.91 Å². The highest BCUT2D eigenvalue weighted by molar-refractivity contribution is 6.31. The number of nitrogens with zero attached hydrogens (tertiary/aromatic N) is 1. The Morgan fingerprint density at radius 3 is 2.40 bits per heavy atom. The summed E-state index contributed by atoms with van der Waals surface area (Å²) >= 11 is 6.26. The van der Waals surface area contributed by atoms with E-state index in [0.29, 0.717) is 31.5 Å². The molecule has 0 saturated carbocycles. The summed E-state index contributed by atoms with van der Waals surface area (Å²) in [7, 11) is 0. The number of nitrogens with one attached hydrogen (secondary N) is 4. The number of benzene rings is 3. The fourth-order valence-electron chi connectivity index (χ4n) is 6.28. The van der Waals surface area contributed by atoms with Gasteiger partial charge in [-0.2, -0.15) is 0 Å². The largest absolute Gasteiger partial charge is 0.384 e. The van der Waals surface area contributed by atoms with Crippen LogP contribution in [0.2, 0.25) is 5.02 Å². The smallest absolute Gasteiger partial charge is 0.253 e. The molecule has 1 heterocycles. The molecule has 0 saturated heterocycles. The molecule has 3 aromatic carbocycles. The van der Waals surface area contributed by atoms with E-state index in [4.69, 9.17) is 16.6 Å². The molecule has 2 amide bonds. The third-order valence-corrected chi connectivity index (χ3v) is 9.35. The average molecular weight is 654 g/mol. The van der Waals surface area contributed by atoms with Gasteiger partial charge in [0.25, 0.3) is 5.91 Å². The molecule has 0 spiro atoms. The normalized spacial score (nSPS) is 12.4. The minimum absolute atomic E-state index is 0.0367. The van der Waals surface area contributed by atoms with Crippen molar-refractivity contribution in [3.63, 3.8) is 0 Å². The van der Waals surface area contributed by atoms with Gasteiger partial charge in [0.15, 0.2) is 0 Å². The highest BCUT2D eigenvalue weighted by atomic mass is 35.5. The van der Waals surface area contributed by atoms with Crippen molar-refractivity contribution >= 4 is 51.4 Å². The maximum Gasteiger partial charge on any atom is 0.253 e. The number of carbonyl (C=O) groups excluding carboxylic acids is 2. The standard InChI is InChI=1S/C39H48ClN5O2/c1-27-14-12-19-33(28(27)2)44-35-18-9-7-16-32(35)39(47)43-25-13-20-37(46)41-23-10-4-3-5-11-24-42-38-30-15-6-8-17-34(30)45-36-26-29(40)21-22-31(36)38/h7,9,12,14,16,18-19,21-22,26,44H,3-6,8,10-11,13,15,17,20,23-25H2,1-2H3,(H,41,46)(H,42,45)(H,43,47). The van der Waals surface area contributed by atoms with Crippen molar-refractivity contribution in [1.29, 1.82) is 0 Å². The van der Waals surface area contributed by atoms with Gasteiger partial charge >= 0.3 is 0 Å². The Morgan fingerprint density at radius 2 is 1.53 bits per heavy atom. The highest BCUT2D eigenvalue weighted by Crippen LogP contribution is 2.34. The van der Waals surface area contributed by atoms with E-state index in [-0.39, 0.29) is 11.8 Å². The second-order valence-corrected chi connectivity index (χ2v) is 13.0. The summed E-state index contributed by atoms with van der Waals surface area (Å²) in [6.45, 7) is 6.22. The lowest BCUT2D eigenvalue weighted by Gasteiger charge is -2.22. The van der Waals surface area contributed by atoms with Crippen LogP contribution in [0.5, 0.6) is 0 Å². The van der Waals surface area contributed by atoms with Gasteiger partial charge in [-0.05, 0) is 112 Å². The van der Waals surface area contributed by atoms with Crippen LogP contribution < -0.4 is 21.3 Å². The molecule has 0 bridgehead atoms. The molecule has 47 heavy (non-hydrogen) atoms. The Labute approximate surface area is 284 Å². The lowest BCUT2D eigenvalue weighted by Crippen LogP contribution is -2.28. The Kier molecular flexibility index (Phi) is 12.5. The number of hydrogen-bond acceptors (Lipinski definition) is 5. The number of unbranched alkanes of at least 4 members (excludes halogenated alkanes) is 4. The van der Waals surface area contributed by atoms with Gasteiger partial charge < -0.3 is 21.3 Å². The van der Waals surface area contributed by atoms with Crippen LogP contribution in [0.25, 0.3) is 10.9 Å². The van der Waals surface area contributed by atoms with E-state index >= 15 is 0 Å². The van der Waals surface area contributed by atoms with Crippen LogP contribution in [0.3, 0.4) is 0 Å². The van der Waals surface area contributed by atoms with Gasteiger partial charge in [0, 0.05) is 53.5 Å². The number of hydrogen-bond donors (Lipinski definition) is 4. The van der Waals surface area contributed by atoms with Crippen molar-refractivity contribution in [2.24, 2.45) is 0 Å². The molecule has 0 fully saturated rings. The van der Waals surface area contributed by atoms with E-state index < -0.39 is 0 Å². The first-order valence-corrected chi connectivity index (χ1v) is 17.6. The zero-order chi connectivity index (χ0) is 33.0. The quantitative estimate of drug-likeness (QED) is 0.0907. The molecule has 7 nitrogen and oxygen atoms in total. The molecular formula is C39H48ClN5O2. The number of halogens is 1. The van der Waals surface area contributed by atoms with Crippen LogP contribution in [0.4, 0.5) is 17.1 Å². The fourth-order valence-corrected chi connectivity index (χ4v) is 6.44. The first kappa shape index (κ1) is 34.2. The lowest BCUT2D eigenvalue weighted by molar-refractivity contribution is -0.121. The van der Waals surface area contributed by atoms with Crippen molar-refractivity contribution < 1.29 is 9.59 Å². The summed E-state index contributed by atoms with van der Waals surface area (Å²) in [5, 5.41) is 15.0. The monoisotopic (exact) mass is 653 g/mol. The van der Waals surface area contributed by atoms with Crippen LogP contribution in [0.1, 0.15) is 90.5 Å². The second-order valence-electron chi connectivity index (χ2n) is 12.6. The van der Waals surface area contributed by atoms with Crippen LogP contribution in [0, 0.1) is 13.8 Å². The topological polar surface area (TPSA) is 95.2 Å². The van der Waals surface area contributed by atoms with Crippen LogP contribution in [0.15, 0.2) is 60.7 Å². The predicted molar refractivity (Wildman–Crippen MR) is 195 cm³/mol. The molecule has 248 valence electrons. The number of amides is 2. The van der Waals surface area contributed by atoms with E-state index in [1.807, 2.05) is 48.5 Å². The van der Waals surface area contributed by atoms with E-state index in [1.54, 1.807) is 0 Å². The SMILES string of the molecule is Cc1cccc(Nc2ccccc2C(=O)NCCCC(=O)NCCCCCCCNc2c3c(nc4cc(Cl)ccc24)CCCC3)c1C. The zero-order valence-corrected chi connectivity index (χ0v) is 28.6. The molecule has 0 radical (unpaired) electrons. The Hall–Kier alpha value is -4.10. The summed E-state index contributed by atoms with van der Waals surface area (Å²) in [6.07, 6.45) is 11.0. The van der Waals surface area contributed by atoms with Crippen molar-refractivity contribution in [1.82, 2.24) is 15.6 Å². The van der Waals surface area contributed by atoms with Gasteiger partial charge in [-0.15, -0.1) is 0 Å². The maximum absolute atomic E-state index is 12.9. The summed E-state index contributed by atoms with van der Waals surface area (Å²) in [5.74, 6) is -0.109. The van der Waals surface area contributed by atoms with Gasteiger partial charge in [-0.1, -0.05) is 55.1 Å². The summed E-state index contributed by atoms with van der Waals surface area (Å²) in [6, 6.07) is 19.6. The Balaban J connectivity index is 0.936. The van der Waals surface area contributed by atoms with Crippen molar-refractivity contribution in [3.8, 4) is 0 Å². The third-order valence-electron chi connectivity index (χ3n) is 9.11.